The predicted octanol–water partition coefficient (Wildman–Crippen LogP) is 2.00. The molecule has 0 saturated heterocycles. The van der Waals surface area contributed by atoms with Crippen molar-refractivity contribution in [1.82, 2.24) is 10.6 Å². The molecule has 2 amide bonds. The lowest BCUT2D eigenvalue weighted by molar-refractivity contribution is -0.139. The van der Waals surface area contributed by atoms with E-state index < -0.39 is 18.0 Å². The second-order valence-electron chi connectivity index (χ2n) is 4.43. The van der Waals surface area contributed by atoms with Crippen LogP contribution >= 0.6 is 11.8 Å². The van der Waals surface area contributed by atoms with Crippen LogP contribution in [0.5, 0.6) is 0 Å². The number of aryl methyl sites for hydroxylation is 1. The van der Waals surface area contributed by atoms with Crippen LogP contribution in [-0.2, 0) is 11.3 Å². The van der Waals surface area contributed by atoms with Gasteiger partial charge in [0.1, 0.15) is 6.04 Å². The maximum Gasteiger partial charge on any atom is 0.326 e. The number of carboxylic acids is 1. The zero-order valence-corrected chi connectivity index (χ0v) is 12.5. The molecule has 1 aromatic rings. The lowest BCUT2D eigenvalue weighted by Crippen LogP contribution is -2.46. The van der Waals surface area contributed by atoms with Crippen molar-refractivity contribution in [3.63, 3.8) is 0 Å². The van der Waals surface area contributed by atoms with E-state index in [1.165, 1.54) is 0 Å². The highest BCUT2D eigenvalue weighted by atomic mass is 32.2. The predicted molar refractivity (Wildman–Crippen MR) is 81.0 cm³/mol. The van der Waals surface area contributed by atoms with Crippen LogP contribution < -0.4 is 10.6 Å². The van der Waals surface area contributed by atoms with Gasteiger partial charge in [0.2, 0.25) is 0 Å². The molecule has 20 heavy (non-hydrogen) atoms. The Hall–Kier alpha value is -1.69. The van der Waals surface area contributed by atoms with E-state index in [0.717, 1.165) is 11.1 Å². The van der Waals surface area contributed by atoms with Crippen LogP contribution in [0.2, 0.25) is 0 Å². The van der Waals surface area contributed by atoms with Gasteiger partial charge in [0.05, 0.1) is 0 Å². The molecule has 0 aliphatic carbocycles. The van der Waals surface area contributed by atoms with Gasteiger partial charge in [-0.05, 0) is 36.5 Å². The molecule has 110 valence electrons. The third-order valence-corrected chi connectivity index (χ3v) is 3.56. The summed E-state index contributed by atoms with van der Waals surface area (Å²) in [5.41, 5.74) is 2.10. The van der Waals surface area contributed by atoms with Gasteiger partial charge in [-0.15, -0.1) is 0 Å². The summed E-state index contributed by atoms with van der Waals surface area (Å²) in [6, 6.07) is 6.43. The molecule has 6 heteroatoms. The number of hydrogen-bond donors (Lipinski definition) is 3. The molecule has 0 aromatic heterocycles. The van der Waals surface area contributed by atoms with E-state index in [0.29, 0.717) is 18.7 Å². The normalized spacial score (nSPS) is 11.7. The Morgan fingerprint density at radius 3 is 2.65 bits per heavy atom. The molecule has 0 heterocycles. The largest absolute Gasteiger partial charge is 0.480 e. The number of hydrogen-bond acceptors (Lipinski definition) is 3. The average Bonchev–Trinajstić information content (AvgIpc) is 2.42. The van der Waals surface area contributed by atoms with Gasteiger partial charge in [-0.1, -0.05) is 24.3 Å². The number of benzene rings is 1. The molecule has 1 atom stereocenters. The number of nitrogens with one attached hydrogen (secondary N) is 2. The number of amides is 2. The van der Waals surface area contributed by atoms with E-state index in [9.17, 15) is 9.59 Å². The smallest absolute Gasteiger partial charge is 0.326 e. The highest BCUT2D eigenvalue weighted by molar-refractivity contribution is 7.98. The lowest BCUT2D eigenvalue weighted by atomic mass is 10.1. The third-order valence-electron chi connectivity index (χ3n) is 2.91. The minimum Gasteiger partial charge on any atom is -0.480 e. The fourth-order valence-electron chi connectivity index (χ4n) is 1.69. The maximum absolute atomic E-state index is 11.7. The molecule has 0 spiro atoms. The molecule has 1 aromatic carbocycles. The minimum atomic E-state index is -1.01. The SMILES string of the molecule is CSCC[C@H](NC(=O)NCc1ccccc1C)C(=O)O. The van der Waals surface area contributed by atoms with Crippen molar-refractivity contribution in [2.45, 2.75) is 25.9 Å². The molecule has 1 rings (SSSR count). The summed E-state index contributed by atoms with van der Waals surface area (Å²) in [5.74, 6) is -0.320. The Labute approximate surface area is 123 Å². The second kappa shape index (κ2) is 8.47. The van der Waals surface area contributed by atoms with Crippen LogP contribution in [0, 0.1) is 6.92 Å². The van der Waals surface area contributed by atoms with Crippen LogP contribution in [0.25, 0.3) is 0 Å². The van der Waals surface area contributed by atoms with E-state index in [1.807, 2.05) is 37.4 Å². The van der Waals surface area contributed by atoms with Crippen LogP contribution in [0.3, 0.4) is 0 Å². The average molecular weight is 296 g/mol. The van der Waals surface area contributed by atoms with E-state index >= 15 is 0 Å². The number of carboxylic acid groups (broad SMARTS) is 1. The van der Waals surface area contributed by atoms with Crippen molar-refractivity contribution in [3.05, 3.63) is 35.4 Å². The van der Waals surface area contributed by atoms with Gasteiger partial charge in [0.15, 0.2) is 0 Å². The van der Waals surface area contributed by atoms with E-state index in [1.54, 1.807) is 11.8 Å². The van der Waals surface area contributed by atoms with Crippen molar-refractivity contribution < 1.29 is 14.7 Å². The first-order chi connectivity index (χ1) is 9.54. The molecule has 0 aliphatic heterocycles. The Kier molecular flexibility index (Phi) is 6.93. The molecule has 0 saturated carbocycles. The van der Waals surface area contributed by atoms with Crippen molar-refractivity contribution in [1.29, 1.82) is 0 Å². The molecule has 0 radical (unpaired) electrons. The first-order valence-corrected chi connectivity index (χ1v) is 7.74. The van der Waals surface area contributed by atoms with E-state index in [-0.39, 0.29) is 0 Å². The molecular formula is C14H20N2O3S. The van der Waals surface area contributed by atoms with Gasteiger partial charge in [-0.2, -0.15) is 11.8 Å². The second-order valence-corrected chi connectivity index (χ2v) is 5.41. The van der Waals surface area contributed by atoms with Crippen molar-refractivity contribution in [2.24, 2.45) is 0 Å². The Balaban J connectivity index is 2.46. The van der Waals surface area contributed by atoms with Crippen molar-refractivity contribution >= 4 is 23.8 Å². The van der Waals surface area contributed by atoms with Crippen LogP contribution in [0.15, 0.2) is 24.3 Å². The minimum absolute atomic E-state index is 0.382. The summed E-state index contributed by atoms with van der Waals surface area (Å²) in [5, 5.41) is 14.2. The maximum atomic E-state index is 11.7. The summed E-state index contributed by atoms with van der Waals surface area (Å²) in [7, 11) is 0. The zero-order valence-electron chi connectivity index (χ0n) is 11.7. The number of aliphatic carboxylic acids is 1. The monoisotopic (exact) mass is 296 g/mol. The van der Waals surface area contributed by atoms with Gasteiger partial charge in [-0.25, -0.2) is 9.59 Å². The lowest BCUT2D eigenvalue weighted by Gasteiger charge is -2.15. The van der Waals surface area contributed by atoms with Gasteiger partial charge in [0.25, 0.3) is 0 Å². The van der Waals surface area contributed by atoms with E-state index in [2.05, 4.69) is 10.6 Å². The number of rotatable bonds is 7. The third kappa shape index (κ3) is 5.52. The molecule has 0 fully saturated rings. The number of carbonyl (C=O) groups excluding carboxylic acids is 1. The summed E-state index contributed by atoms with van der Waals surface area (Å²) >= 11 is 1.55. The summed E-state index contributed by atoms with van der Waals surface area (Å²) in [4.78, 5) is 22.7. The van der Waals surface area contributed by atoms with Crippen molar-refractivity contribution in [2.75, 3.05) is 12.0 Å². The van der Waals surface area contributed by atoms with Crippen molar-refractivity contribution in [3.8, 4) is 0 Å². The Morgan fingerprint density at radius 2 is 2.05 bits per heavy atom. The van der Waals surface area contributed by atoms with Gasteiger partial charge in [0, 0.05) is 6.54 Å². The molecule has 0 unspecified atom stereocenters. The Morgan fingerprint density at radius 1 is 1.35 bits per heavy atom. The molecule has 0 bridgehead atoms. The number of carbonyl (C=O) groups is 2. The topological polar surface area (TPSA) is 78.4 Å². The highest BCUT2D eigenvalue weighted by Gasteiger charge is 2.19. The number of thioether (sulfide) groups is 1. The van der Waals surface area contributed by atoms with Crippen LogP contribution in [0.1, 0.15) is 17.5 Å². The van der Waals surface area contributed by atoms with Gasteiger partial charge < -0.3 is 15.7 Å². The fourth-order valence-corrected chi connectivity index (χ4v) is 2.16. The molecule has 0 aliphatic rings. The molecule has 3 N–H and O–H groups in total. The number of urea groups is 1. The summed E-state index contributed by atoms with van der Waals surface area (Å²) < 4.78 is 0. The molecular weight excluding hydrogens is 276 g/mol. The fraction of sp³-hybridized carbons (Fsp3) is 0.429. The first-order valence-electron chi connectivity index (χ1n) is 6.35. The zero-order chi connectivity index (χ0) is 15.0. The quantitative estimate of drug-likeness (QED) is 0.719. The van der Waals surface area contributed by atoms with Gasteiger partial charge in [-0.3, -0.25) is 0 Å². The van der Waals surface area contributed by atoms with Crippen LogP contribution in [-0.4, -0.2) is 35.2 Å². The first kappa shape index (κ1) is 16.4. The summed E-state index contributed by atoms with van der Waals surface area (Å²) in [6.45, 7) is 2.35. The summed E-state index contributed by atoms with van der Waals surface area (Å²) in [6.07, 6.45) is 2.31. The molecule has 5 nitrogen and oxygen atoms in total. The highest BCUT2D eigenvalue weighted by Crippen LogP contribution is 2.06. The Bertz CT molecular complexity index is 465. The van der Waals surface area contributed by atoms with E-state index in [4.69, 9.17) is 5.11 Å². The van der Waals surface area contributed by atoms with Gasteiger partial charge >= 0.3 is 12.0 Å². The van der Waals surface area contributed by atoms with Crippen LogP contribution in [0.4, 0.5) is 4.79 Å². The standard InChI is InChI=1S/C14H20N2O3S/c1-10-5-3-4-6-11(10)9-15-14(19)16-12(13(17)18)7-8-20-2/h3-6,12H,7-9H2,1-2H3,(H,17,18)(H2,15,16,19)/t12-/m0/s1.